The van der Waals surface area contributed by atoms with Gasteiger partial charge in [-0.3, -0.25) is 0 Å². The number of hydrogen-bond donors (Lipinski definition) is 2. The maximum atomic E-state index is 12.5. The van der Waals surface area contributed by atoms with Crippen molar-refractivity contribution in [2.75, 3.05) is 7.05 Å². The Hall–Kier alpha value is -1.26. The van der Waals surface area contributed by atoms with Crippen LogP contribution in [0.15, 0.2) is 0 Å². The van der Waals surface area contributed by atoms with Crippen molar-refractivity contribution in [1.29, 1.82) is 0 Å². The summed E-state index contributed by atoms with van der Waals surface area (Å²) < 4.78 is 0. The van der Waals surface area contributed by atoms with Crippen molar-refractivity contribution in [3.05, 3.63) is 0 Å². The lowest BCUT2D eigenvalue weighted by atomic mass is 9.68. The van der Waals surface area contributed by atoms with Crippen molar-refractivity contribution in [1.82, 2.24) is 10.2 Å². The Morgan fingerprint density at radius 2 is 1.86 bits per heavy atom. The van der Waals surface area contributed by atoms with E-state index in [1.807, 2.05) is 0 Å². The van der Waals surface area contributed by atoms with Crippen LogP contribution in [-0.4, -0.2) is 40.6 Å². The van der Waals surface area contributed by atoms with Gasteiger partial charge in [-0.25, -0.2) is 9.59 Å². The minimum absolute atomic E-state index is 0.0663. The molecule has 3 atom stereocenters. The van der Waals surface area contributed by atoms with Gasteiger partial charge in [0.05, 0.1) is 0 Å². The molecule has 2 fully saturated rings. The Morgan fingerprint density at radius 3 is 2.29 bits per heavy atom. The third-order valence-corrected chi connectivity index (χ3v) is 6.20. The van der Waals surface area contributed by atoms with E-state index >= 15 is 0 Å². The second-order valence-electron chi connectivity index (χ2n) is 8.22. The van der Waals surface area contributed by atoms with Crippen molar-refractivity contribution >= 4 is 12.0 Å². The second-order valence-corrected chi connectivity index (χ2v) is 8.22. The highest BCUT2D eigenvalue weighted by Gasteiger charge is 2.60. The van der Waals surface area contributed by atoms with Crippen LogP contribution in [0.5, 0.6) is 0 Å². The van der Waals surface area contributed by atoms with Crippen LogP contribution in [0.1, 0.15) is 53.9 Å². The van der Waals surface area contributed by atoms with Crippen molar-refractivity contribution in [3.63, 3.8) is 0 Å². The van der Waals surface area contributed by atoms with Crippen LogP contribution in [0.25, 0.3) is 0 Å². The molecule has 2 amide bonds. The van der Waals surface area contributed by atoms with Gasteiger partial charge in [0.25, 0.3) is 0 Å². The number of fused-ring (bicyclic) bond motifs is 2. The molecular formula is C16H28N2O3. The highest BCUT2D eigenvalue weighted by atomic mass is 16.4. The summed E-state index contributed by atoms with van der Waals surface area (Å²) in [6.07, 6.45) is 3.52. The van der Waals surface area contributed by atoms with Crippen molar-refractivity contribution < 1.29 is 14.7 Å². The molecule has 2 aliphatic carbocycles. The molecule has 0 aliphatic heterocycles. The van der Waals surface area contributed by atoms with Gasteiger partial charge in [-0.15, -0.1) is 0 Å². The molecule has 0 aromatic rings. The van der Waals surface area contributed by atoms with Crippen LogP contribution < -0.4 is 5.32 Å². The highest BCUT2D eigenvalue weighted by molar-refractivity contribution is 5.85. The average Bonchev–Trinajstić information content (AvgIpc) is 2.84. The SMILES string of the molecule is CN(C(=O)NC1C2(C)CCC(C2)C1(C)C)C(C)(C)C(=O)O. The number of urea groups is 1. The van der Waals surface area contributed by atoms with Gasteiger partial charge in [0.15, 0.2) is 0 Å². The summed E-state index contributed by atoms with van der Waals surface area (Å²) in [6, 6.07) is -0.197. The first kappa shape index (κ1) is 16.1. The number of carboxylic acids is 1. The van der Waals surface area contributed by atoms with Crippen LogP contribution in [0.4, 0.5) is 4.79 Å². The predicted molar refractivity (Wildman–Crippen MR) is 81.0 cm³/mol. The lowest BCUT2D eigenvalue weighted by Gasteiger charge is -2.44. The maximum absolute atomic E-state index is 12.5. The molecule has 0 spiro atoms. The van der Waals surface area contributed by atoms with Crippen LogP contribution in [-0.2, 0) is 4.79 Å². The van der Waals surface area contributed by atoms with Gasteiger partial charge in [-0.1, -0.05) is 20.8 Å². The zero-order valence-electron chi connectivity index (χ0n) is 14.0. The number of nitrogens with one attached hydrogen (secondary N) is 1. The van der Waals surface area contributed by atoms with Crippen LogP contribution in [0.2, 0.25) is 0 Å². The average molecular weight is 296 g/mol. The van der Waals surface area contributed by atoms with Crippen LogP contribution >= 0.6 is 0 Å². The Morgan fingerprint density at radius 1 is 1.29 bits per heavy atom. The van der Waals surface area contributed by atoms with E-state index in [0.717, 1.165) is 12.8 Å². The van der Waals surface area contributed by atoms with E-state index in [4.69, 9.17) is 0 Å². The number of aliphatic carboxylic acids is 1. The first-order valence-electron chi connectivity index (χ1n) is 7.70. The standard InChI is InChI=1S/C16H28N2O3/c1-14(2)10-7-8-16(5,9-10)11(14)17-13(21)18(6)15(3,4)12(19)20/h10-11H,7-9H2,1-6H3,(H,17,21)(H,19,20). The summed E-state index contributed by atoms with van der Waals surface area (Å²) in [4.78, 5) is 25.1. The first-order chi connectivity index (χ1) is 9.43. The molecule has 5 nitrogen and oxygen atoms in total. The van der Waals surface area contributed by atoms with E-state index in [0.29, 0.717) is 5.92 Å². The van der Waals surface area contributed by atoms with Crippen molar-refractivity contribution in [3.8, 4) is 0 Å². The number of hydrogen-bond acceptors (Lipinski definition) is 2. The number of rotatable bonds is 3. The summed E-state index contributed by atoms with van der Waals surface area (Å²) in [5, 5.41) is 12.4. The Bertz CT molecular complexity index is 467. The summed E-state index contributed by atoms with van der Waals surface area (Å²) in [5.41, 5.74) is -1.01. The molecule has 2 rings (SSSR count). The Kier molecular flexibility index (Phi) is 3.54. The van der Waals surface area contributed by atoms with Gasteiger partial charge in [0.1, 0.15) is 5.54 Å². The molecule has 5 heteroatoms. The summed E-state index contributed by atoms with van der Waals surface area (Å²) >= 11 is 0. The van der Waals surface area contributed by atoms with Gasteiger partial charge >= 0.3 is 12.0 Å². The zero-order valence-corrected chi connectivity index (χ0v) is 14.0. The molecule has 0 radical (unpaired) electrons. The number of carbonyl (C=O) groups is 2. The summed E-state index contributed by atoms with van der Waals surface area (Å²) in [7, 11) is 1.55. The number of carboxylic acid groups (broad SMARTS) is 1. The van der Waals surface area contributed by atoms with Gasteiger partial charge < -0.3 is 15.3 Å². The topological polar surface area (TPSA) is 69.6 Å². The lowest BCUT2D eigenvalue weighted by molar-refractivity contribution is -0.147. The molecule has 2 N–H and O–H groups in total. The molecule has 0 saturated heterocycles. The number of likely N-dealkylation sites (N-methyl/N-ethyl adjacent to an activating group) is 1. The van der Waals surface area contributed by atoms with E-state index in [1.54, 1.807) is 20.9 Å². The maximum Gasteiger partial charge on any atom is 0.329 e. The van der Waals surface area contributed by atoms with Crippen molar-refractivity contribution in [2.45, 2.75) is 65.5 Å². The monoisotopic (exact) mass is 296 g/mol. The quantitative estimate of drug-likeness (QED) is 0.841. The summed E-state index contributed by atoms with van der Waals surface area (Å²) in [5.74, 6) is -0.357. The molecule has 0 aromatic heterocycles. The molecular weight excluding hydrogens is 268 g/mol. The Labute approximate surface area is 127 Å². The molecule has 21 heavy (non-hydrogen) atoms. The smallest absolute Gasteiger partial charge is 0.329 e. The minimum Gasteiger partial charge on any atom is -0.480 e. The van der Waals surface area contributed by atoms with Gasteiger partial charge in [0, 0.05) is 13.1 Å². The van der Waals surface area contributed by atoms with Crippen molar-refractivity contribution in [2.24, 2.45) is 16.7 Å². The summed E-state index contributed by atoms with van der Waals surface area (Å²) in [6.45, 7) is 9.77. The predicted octanol–water partition coefficient (Wildman–Crippen LogP) is 2.71. The van der Waals surface area contributed by atoms with E-state index in [2.05, 4.69) is 26.1 Å². The van der Waals surface area contributed by atoms with Gasteiger partial charge in [-0.2, -0.15) is 0 Å². The normalized spacial score (nSPS) is 33.8. The molecule has 120 valence electrons. The molecule has 2 aliphatic rings. The molecule has 0 heterocycles. The number of amides is 2. The zero-order chi connectivity index (χ0) is 16.2. The van der Waals surface area contributed by atoms with Crippen LogP contribution in [0.3, 0.4) is 0 Å². The molecule has 3 unspecified atom stereocenters. The third-order valence-electron chi connectivity index (χ3n) is 6.20. The number of carbonyl (C=O) groups excluding carboxylic acids is 1. The fourth-order valence-corrected chi connectivity index (χ4v) is 4.28. The largest absolute Gasteiger partial charge is 0.480 e. The lowest BCUT2D eigenvalue weighted by Crippen LogP contribution is -2.60. The fourth-order valence-electron chi connectivity index (χ4n) is 4.28. The van der Waals surface area contributed by atoms with Crippen LogP contribution in [0, 0.1) is 16.7 Å². The molecule has 2 bridgehead atoms. The highest BCUT2D eigenvalue weighted by Crippen LogP contribution is 2.62. The van der Waals surface area contributed by atoms with E-state index < -0.39 is 11.5 Å². The second kappa shape index (κ2) is 4.62. The Balaban J connectivity index is 2.15. The van der Waals surface area contributed by atoms with E-state index in [-0.39, 0.29) is 22.9 Å². The number of nitrogens with zero attached hydrogens (tertiary/aromatic N) is 1. The first-order valence-corrected chi connectivity index (χ1v) is 7.70. The van der Waals surface area contributed by atoms with Gasteiger partial charge in [0.2, 0.25) is 0 Å². The van der Waals surface area contributed by atoms with E-state index in [9.17, 15) is 14.7 Å². The fraction of sp³-hybridized carbons (Fsp3) is 0.875. The molecule has 0 aromatic carbocycles. The molecule has 2 saturated carbocycles. The third kappa shape index (κ3) is 2.30. The van der Waals surface area contributed by atoms with Gasteiger partial charge in [-0.05, 0) is 49.9 Å². The van der Waals surface area contributed by atoms with E-state index in [1.165, 1.54) is 11.3 Å². The minimum atomic E-state index is -1.22.